The third-order valence-electron chi connectivity index (χ3n) is 3.07. The van der Waals surface area contributed by atoms with E-state index in [1.54, 1.807) is 0 Å². The molecule has 0 spiro atoms. The van der Waals surface area contributed by atoms with Crippen molar-refractivity contribution < 1.29 is 4.74 Å². The minimum atomic E-state index is 0.641. The van der Waals surface area contributed by atoms with E-state index < -0.39 is 0 Å². The summed E-state index contributed by atoms with van der Waals surface area (Å²) in [5.41, 5.74) is 8.77. The molecule has 2 nitrogen and oxygen atoms in total. The van der Waals surface area contributed by atoms with E-state index in [-0.39, 0.29) is 0 Å². The van der Waals surface area contributed by atoms with E-state index in [0.717, 1.165) is 38.5 Å². The van der Waals surface area contributed by atoms with Gasteiger partial charge < -0.3 is 10.5 Å². The lowest BCUT2D eigenvalue weighted by atomic mass is 10.1. The highest BCUT2D eigenvalue weighted by molar-refractivity contribution is 9.10. The van der Waals surface area contributed by atoms with Crippen molar-refractivity contribution in [1.29, 1.82) is 0 Å². The van der Waals surface area contributed by atoms with Crippen LogP contribution in [0.25, 0.3) is 0 Å². The van der Waals surface area contributed by atoms with E-state index in [1.807, 2.05) is 44.2 Å². The standard InChI is InChI=1S/C16H17BrClNO/c1-10-7-13(8-11(2)16(10)18)20-15-4-3-12(5-6-19)9-14(15)17/h3-4,7-9H,5-6,19H2,1-2H3. The molecule has 0 atom stereocenters. The molecule has 2 N–H and O–H groups in total. The molecule has 2 aromatic carbocycles. The fraction of sp³-hybridized carbons (Fsp3) is 0.250. The Morgan fingerprint density at radius 2 is 1.80 bits per heavy atom. The van der Waals surface area contributed by atoms with E-state index in [4.69, 9.17) is 22.1 Å². The van der Waals surface area contributed by atoms with E-state index in [9.17, 15) is 0 Å². The Morgan fingerprint density at radius 1 is 1.15 bits per heavy atom. The SMILES string of the molecule is Cc1cc(Oc2ccc(CCN)cc2Br)cc(C)c1Cl. The van der Waals surface area contributed by atoms with Gasteiger partial charge in [0.15, 0.2) is 0 Å². The molecule has 0 radical (unpaired) electrons. The molecular weight excluding hydrogens is 338 g/mol. The molecule has 2 rings (SSSR count). The average molecular weight is 355 g/mol. The second-order valence-corrected chi connectivity index (χ2v) is 6.01. The van der Waals surface area contributed by atoms with Crippen molar-refractivity contribution in [3.05, 3.63) is 56.5 Å². The number of nitrogens with two attached hydrogens (primary N) is 1. The third kappa shape index (κ3) is 3.54. The maximum absolute atomic E-state index is 6.16. The predicted molar refractivity (Wildman–Crippen MR) is 87.9 cm³/mol. The van der Waals surface area contributed by atoms with Crippen molar-refractivity contribution in [1.82, 2.24) is 0 Å². The highest BCUT2D eigenvalue weighted by atomic mass is 79.9. The van der Waals surface area contributed by atoms with Crippen molar-refractivity contribution in [2.24, 2.45) is 5.73 Å². The molecule has 0 saturated heterocycles. The van der Waals surface area contributed by atoms with Crippen molar-refractivity contribution in [2.75, 3.05) is 6.54 Å². The number of ether oxygens (including phenoxy) is 1. The lowest BCUT2D eigenvalue weighted by molar-refractivity contribution is 0.478. The van der Waals surface area contributed by atoms with Crippen LogP contribution in [0.15, 0.2) is 34.8 Å². The fourth-order valence-corrected chi connectivity index (χ4v) is 2.66. The van der Waals surface area contributed by atoms with Crippen molar-refractivity contribution in [3.63, 3.8) is 0 Å². The first-order chi connectivity index (χ1) is 9.51. The highest BCUT2D eigenvalue weighted by Gasteiger charge is 2.07. The van der Waals surface area contributed by atoms with Gasteiger partial charge in [0, 0.05) is 5.02 Å². The van der Waals surface area contributed by atoms with Crippen molar-refractivity contribution in [3.8, 4) is 11.5 Å². The first-order valence-electron chi connectivity index (χ1n) is 6.44. The van der Waals surface area contributed by atoms with Crippen LogP contribution in [-0.4, -0.2) is 6.54 Å². The lowest BCUT2D eigenvalue weighted by Crippen LogP contribution is -2.02. The van der Waals surface area contributed by atoms with E-state index in [0.29, 0.717) is 6.54 Å². The minimum absolute atomic E-state index is 0.641. The van der Waals surface area contributed by atoms with Gasteiger partial charge >= 0.3 is 0 Å². The molecule has 0 amide bonds. The van der Waals surface area contributed by atoms with Crippen LogP contribution in [0.1, 0.15) is 16.7 Å². The van der Waals surface area contributed by atoms with Crippen LogP contribution in [0.4, 0.5) is 0 Å². The maximum Gasteiger partial charge on any atom is 0.141 e. The van der Waals surface area contributed by atoms with Gasteiger partial charge in [-0.25, -0.2) is 0 Å². The topological polar surface area (TPSA) is 35.2 Å². The van der Waals surface area contributed by atoms with Gasteiger partial charge in [-0.3, -0.25) is 0 Å². The second kappa shape index (κ2) is 6.61. The normalized spacial score (nSPS) is 10.7. The molecule has 0 aromatic heterocycles. The maximum atomic E-state index is 6.16. The summed E-state index contributed by atoms with van der Waals surface area (Å²) < 4.78 is 6.85. The molecule has 2 aromatic rings. The molecule has 0 fully saturated rings. The summed E-state index contributed by atoms with van der Waals surface area (Å²) in [5.74, 6) is 1.57. The lowest BCUT2D eigenvalue weighted by Gasteiger charge is -2.12. The number of hydrogen-bond donors (Lipinski definition) is 1. The smallest absolute Gasteiger partial charge is 0.141 e. The van der Waals surface area contributed by atoms with Crippen LogP contribution in [0.3, 0.4) is 0 Å². The Labute approximate surface area is 133 Å². The number of hydrogen-bond acceptors (Lipinski definition) is 2. The Bertz CT molecular complexity index is 605. The summed E-state index contributed by atoms with van der Waals surface area (Å²) >= 11 is 9.70. The van der Waals surface area contributed by atoms with Crippen LogP contribution in [0.5, 0.6) is 11.5 Å². The van der Waals surface area contributed by atoms with Crippen molar-refractivity contribution in [2.45, 2.75) is 20.3 Å². The van der Waals surface area contributed by atoms with E-state index >= 15 is 0 Å². The Kier molecular flexibility index (Phi) is 5.08. The number of benzene rings is 2. The molecule has 0 aliphatic rings. The molecular formula is C16H17BrClNO. The quantitative estimate of drug-likeness (QED) is 0.837. The van der Waals surface area contributed by atoms with Gasteiger partial charge in [0.25, 0.3) is 0 Å². The van der Waals surface area contributed by atoms with Gasteiger partial charge in [-0.05, 0) is 83.7 Å². The van der Waals surface area contributed by atoms with Crippen LogP contribution < -0.4 is 10.5 Å². The van der Waals surface area contributed by atoms with Gasteiger partial charge in [-0.1, -0.05) is 17.7 Å². The van der Waals surface area contributed by atoms with Gasteiger partial charge in [0.2, 0.25) is 0 Å². The zero-order valence-corrected chi connectivity index (χ0v) is 13.9. The number of halogens is 2. The first-order valence-corrected chi connectivity index (χ1v) is 7.61. The van der Waals surface area contributed by atoms with Gasteiger partial charge in [0.05, 0.1) is 4.47 Å². The molecule has 0 unspecified atom stereocenters. The number of aryl methyl sites for hydroxylation is 2. The predicted octanol–water partition coefficient (Wildman–Crippen LogP) is 5.01. The molecule has 0 aliphatic heterocycles. The summed E-state index contributed by atoms with van der Waals surface area (Å²) in [4.78, 5) is 0. The summed E-state index contributed by atoms with van der Waals surface area (Å²) in [7, 11) is 0. The zero-order valence-electron chi connectivity index (χ0n) is 11.5. The zero-order chi connectivity index (χ0) is 14.7. The Balaban J connectivity index is 2.26. The largest absolute Gasteiger partial charge is 0.456 e. The molecule has 20 heavy (non-hydrogen) atoms. The van der Waals surface area contributed by atoms with Gasteiger partial charge in [-0.15, -0.1) is 0 Å². The van der Waals surface area contributed by atoms with Crippen LogP contribution >= 0.6 is 27.5 Å². The molecule has 0 heterocycles. The van der Waals surface area contributed by atoms with E-state index in [1.165, 1.54) is 5.56 Å². The summed E-state index contributed by atoms with van der Waals surface area (Å²) in [6, 6.07) is 9.90. The molecule has 4 heteroatoms. The van der Waals surface area contributed by atoms with E-state index in [2.05, 4.69) is 15.9 Å². The molecule has 0 saturated carbocycles. The molecule has 0 bridgehead atoms. The average Bonchev–Trinajstić information content (AvgIpc) is 2.39. The first kappa shape index (κ1) is 15.4. The molecule has 0 aliphatic carbocycles. The molecule has 106 valence electrons. The third-order valence-corrected chi connectivity index (χ3v) is 4.28. The van der Waals surface area contributed by atoms with Crippen LogP contribution in [0, 0.1) is 13.8 Å². The van der Waals surface area contributed by atoms with Crippen LogP contribution in [-0.2, 0) is 6.42 Å². The summed E-state index contributed by atoms with van der Waals surface area (Å²) in [5, 5.41) is 0.787. The van der Waals surface area contributed by atoms with Gasteiger partial charge in [0.1, 0.15) is 11.5 Å². The fourth-order valence-electron chi connectivity index (χ4n) is 2.04. The van der Waals surface area contributed by atoms with Crippen molar-refractivity contribution >= 4 is 27.5 Å². The monoisotopic (exact) mass is 353 g/mol. The Morgan fingerprint density at radius 3 is 2.35 bits per heavy atom. The summed E-state index contributed by atoms with van der Waals surface area (Å²) in [6.45, 7) is 4.59. The van der Waals surface area contributed by atoms with Crippen LogP contribution in [0.2, 0.25) is 5.02 Å². The highest BCUT2D eigenvalue weighted by Crippen LogP contribution is 2.33. The number of rotatable bonds is 4. The second-order valence-electron chi connectivity index (χ2n) is 4.78. The Hall–Kier alpha value is -1.03. The minimum Gasteiger partial charge on any atom is -0.456 e. The summed E-state index contributed by atoms with van der Waals surface area (Å²) in [6.07, 6.45) is 0.859. The van der Waals surface area contributed by atoms with Gasteiger partial charge in [-0.2, -0.15) is 0 Å².